The first-order chi connectivity index (χ1) is 6.80. The van der Waals surface area contributed by atoms with Crippen LogP contribution in [0.5, 0.6) is 5.88 Å². The zero-order valence-corrected chi connectivity index (χ0v) is 8.44. The number of halogens is 6. The number of nitrogens with zero attached hydrogens (tertiary/aromatic N) is 1. The highest BCUT2D eigenvalue weighted by atomic mass is 79.9. The van der Waals surface area contributed by atoms with E-state index in [1.54, 1.807) is 0 Å². The van der Waals surface area contributed by atoms with E-state index in [4.69, 9.17) is 0 Å². The summed E-state index contributed by atoms with van der Waals surface area (Å²) >= 11 is 2.65. The van der Waals surface area contributed by atoms with Gasteiger partial charge in [0.15, 0.2) is 0 Å². The van der Waals surface area contributed by atoms with E-state index in [1.165, 1.54) is 0 Å². The van der Waals surface area contributed by atoms with Crippen molar-refractivity contribution in [3.05, 3.63) is 22.3 Å². The maximum atomic E-state index is 12.1. The standard InChI is InChI=1S/C7H3BrF5NO/c8-4-1-3(7(11,12)13)2-14-5(4)15-6(9)10/h1-2,6H. The van der Waals surface area contributed by atoms with E-state index in [2.05, 4.69) is 25.7 Å². The van der Waals surface area contributed by atoms with Crippen LogP contribution in [-0.2, 0) is 6.18 Å². The molecule has 0 spiro atoms. The number of rotatable bonds is 2. The molecule has 1 aromatic heterocycles. The van der Waals surface area contributed by atoms with Crippen LogP contribution in [0.3, 0.4) is 0 Å². The molecule has 0 fully saturated rings. The first-order valence-electron chi connectivity index (χ1n) is 3.48. The number of pyridine rings is 1. The molecule has 0 amide bonds. The molecule has 0 saturated carbocycles. The fraction of sp³-hybridized carbons (Fsp3) is 0.286. The molecule has 0 aliphatic rings. The van der Waals surface area contributed by atoms with Crippen LogP contribution in [0.4, 0.5) is 22.0 Å². The molecule has 1 aromatic rings. The van der Waals surface area contributed by atoms with Gasteiger partial charge in [0.2, 0.25) is 5.88 Å². The number of hydrogen-bond donors (Lipinski definition) is 0. The highest BCUT2D eigenvalue weighted by molar-refractivity contribution is 9.10. The molecule has 0 radical (unpaired) electrons. The summed E-state index contributed by atoms with van der Waals surface area (Å²) in [6, 6.07) is 0.616. The first-order valence-corrected chi connectivity index (χ1v) is 4.27. The summed E-state index contributed by atoms with van der Waals surface area (Å²) in [7, 11) is 0. The lowest BCUT2D eigenvalue weighted by molar-refractivity contribution is -0.137. The van der Waals surface area contributed by atoms with Crippen molar-refractivity contribution in [3.8, 4) is 5.88 Å². The van der Waals surface area contributed by atoms with E-state index in [1.807, 2.05) is 0 Å². The molecular weight excluding hydrogens is 289 g/mol. The Morgan fingerprint density at radius 2 is 1.93 bits per heavy atom. The Balaban J connectivity index is 2.98. The minimum Gasteiger partial charge on any atom is -0.416 e. The zero-order chi connectivity index (χ0) is 11.6. The Hall–Kier alpha value is -0.920. The fourth-order valence-corrected chi connectivity index (χ4v) is 1.19. The van der Waals surface area contributed by atoms with Crippen molar-refractivity contribution in [1.29, 1.82) is 0 Å². The lowest BCUT2D eigenvalue weighted by Crippen LogP contribution is -2.08. The largest absolute Gasteiger partial charge is 0.417 e. The summed E-state index contributed by atoms with van der Waals surface area (Å²) in [5.74, 6) is -0.585. The maximum absolute atomic E-state index is 12.1. The maximum Gasteiger partial charge on any atom is 0.417 e. The number of aromatic nitrogens is 1. The molecule has 1 heterocycles. The molecule has 0 bridgehead atoms. The van der Waals surface area contributed by atoms with Gasteiger partial charge in [-0.3, -0.25) is 0 Å². The van der Waals surface area contributed by atoms with Crippen molar-refractivity contribution in [2.24, 2.45) is 0 Å². The van der Waals surface area contributed by atoms with Crippen molar-refractivity contribution < 1.29 is 26.7 Å². The van der Waals surface area contributed by atoms with Crippen LogP contribution >= 0.6 is 15.9 Å². The Bertz CT molecular complexity index is 354. The summed E-state index contributed by atoms with van der Waals surface area (Å²) in [5, 5.41) is 0. The lowest BCUT2D eigenvalue weighted by atomic mass is 10.3. The monoisotopic (exact) mass is 291 g/mol. The summed E-state index contributed by atoms with van der Waals surface area (Å²) in [5.41, 5.74) is -1.05. The third kappa shape index (κ3) is 3.29. The molecule has 0 atom stereocenters. The van der Waals surface area contributed by atoms with Gasteiger partial charge in [-0.1, -0.05) is 0 Å². The molecule has 2 nitrogen and oxygen atoms in total. The van der Waals surface area contributed by atoms with Crippen LogP contribution in [0.1, 0.15) is 5.56 Å². The van der Waals surface area contributed by atoms with Crippen LogP contribution < -0.4 is 4.74 Å². The zero-order valence-electron chi connectivity index (χ0n) is 6.86. The third-order valence-electron chi connectivity index (χ3n) is 1.34. The predicted octanol–water partition coefficient (Wildman–Crippen LogP) is 3.46. The quantitative estimate of drug-likeness (QED) is 0.779. The Labute approximate surface area is 89.2 Å². The summed E-state index contributed by atoms with van der Waals surface area (Å²) < 4.78 is 63.4. The minimum atomic E-state index is -4.57. The topological polar surface area (TPSA) is 22.1 Å². The Morgan fingerprint density at radius 3 is 2.33 bits per heavy atom. The molecule has 0 unspecified atom stereocenters. The molecule has 15 heavy (non-hydrogen) atoms. The van der Waals surface area contributed by atoms with Gasteiger partial charge in [-0.15, -0.1) is 0 Å². The number of hydrogen-bond acceptors (Lipinski definition) is 2. The lowest BCUT2D eigenvalue weighted by Gasteiger charge is -2.09. The second-order valence-electron chi connectivity index (χ2n) is 2.39. The molecule has 0 saturated heterocycles. The van der Waals surface area contributed by atoms with Gasteiger partial charge in [-0.05, 0) is 22.0 Å². The van der Waals surface area contributed by atoms with E-state index in [9.17, 15) is 22.0 Å². The van der Waals surface area contributed by atoms with Gasteiger partial charge < -0.3 is 4.74 Å². The first kappa shape index (κ1) is 12.2. The van der Waals surface area contributed by atoms with Crippen molar-refractivity contribution in [1.82, 2.24) is 4.98 Å². The summed E-state index contributed by atoms with van der Waals surface area (Å²) in [4.78, 5) is 3.12. The van der Waals surface area contributed by atoms with Gasteiger partial charge in [0.05, 0.1) is 10.0 Å². The average Bonchev–Trinajstić information content (AvgIpc) is 2.05. The fourth-order valence-electron chi connectivity index (χ4n) is 0.751. The highest BCUT2D eigenvalue weighted by Gasteiger charge is 2.31. The smallest absolute Gasteiger partial charge is 0.416 e. The number of alkyl halides is 5. The van der Waals surface area contributed by atoms with Gasteiger partial charge in [0.1, 0.15) is 0 Å². The van der Waals surface area contributed by atoms with Crippen molar-refractivity contribution in [2.45, 2.75) is 12.8 Å². The predicted molar refractivity (Wildman–Crippen MR) is 43.6 cm³/mol. The van der Waals surface area contributed by atoms with Crippen LogP contribution in [0.15, 0.2) is 16.7 Å². The van der Waals surface area contributed by atoms with E-state index >= 15 is 0 Å². The summed E-state index contributed by atoms with van der Waals surface area (Å²) in [6.07, 6.45) is -4.15. The van der Waals surface area contributed by atoms with Crippen LogP contribution in [0, 0.1) is 0 Å². The molecule has 0 aromatic carbocycles. The molecule has 0 aliphatic carbocycles. The van der Waals surface area contributed by atoms with Crippen LogP contribution in [0.2, 0.25) is 0 Å². The van der Waals surface area contributed by atoms with Gasteiger partial charge in [0, 0.05) is 6.20 Å². The van der Waals surface area contributed by atoms with E-state index in [-0.39, 0.29) is 4.47 Å². The van der Waals surface area contributed by atoms with Crippen molar-refractivity contribution in [3.63, 3.8) is 0 Å². The van der Waals surface area contributed by atoms with Crippen LogP contribution in [0.25, 0.3) is 0 Å². The normalized spacial score (nSPS) is 11.9. The minimum absolute atomic E-state index is 0.280. The second-order valence-corrected chi connectivity index (χ2v) is 3.24. The van der Waals surface area contributed by atoms with Gasteiger partial charge in [-0.2, -0.15) is 22.0 Å². The van der Waals surface area contributed by atoms with E-state index < -0.39 is 24.2 Å². The van der Waals surface area contributed by atoms with Crippen LogP contribution in [-0.4, -0.2) is 11.6 Å². The molecule has 84 valence electrons. The Morgan fingerprint density at radius 1 is 1.33 bits per heavy atom. The van der Waals surface area contributed by atoms with Gasteiger partial charge >= 0.3 is 12.8 Å². The molecule has 1 rings (SSSR count). The van der Waals surface area contributed by atoms with E-state index in [0.29, 0.717) is 12.3 Å². The van der Waals surface area contributed by atoms with Gasteiger partial charge in [0.25, 0.3) is 0 Å². The average molecular weight is 292 g/mol. The molecular formula is C7H3BrF5NO. The number of ether oxygens (including phenoxy) is 1. The molecule has 8 heteroatoms. The summed E-state index contributed by atoms with van der Waals surface area (Å²) in [6.45, 7) is -3.13. The molecule has 0 N–H and O–H groups in total. The second kappa shape index (κ2) is 4.30. The molecule has 0 aliphatic heterocycles. The third-order valence-corrected chi connectivity index (χ3v) is 1.90. The Kier molecular flexibility index (Phi) is 3.48. The van der Waals surface area contributed by atoms with Gasteiger partial charge in [-0.25, -0.2) is 4.98 Å². The SMILES string of the molecule is FC(F)Oc1ncc(C(F)(F)F)cc1Br. The van der Waals surface area contributed by atoms with Crippen molar-refractivity contribution >= 4 is 15.9 Å². The van der Waals surface area contributed by atoms with Crippen molar-refractivity contribution in [2.75, 3.05) is 0 Å². The van der Waals surface area contributed by atoms with E-state index in [0.717, 1.165) is 0 Å². The highest BCUT2D eigenvalue weighted by Crippen LogP contribution is 2.33.